The summed E-state index contributed by atoms with van der Waals surface area (Å²) < 4.78 is 0. The van der Waals surface area contributed by atoms with E-state index in [1.807, 2.05) is 5.38 Å². The third kappa shape index (κ3) is 3.45. The third-order valence-electron chi connectivity index (χ3n) is 2.24. The molecule has 0 saturated carbocycles. The molecule has 2 aromatic rings. The van der Waals surface area contributed by atoms with Crippen molar-refractivity contribution in [3.63, 3.8) is 0 Å². The summed E-state index contributed by atoms with van der Waals surface area (Å²) in [4.78, 5) is 16.0. The summed E-state index contributed by atoms with van der Waals surface area (Å²) in [7, 11) is 1.80. The molecule has 18 heavy (non-hydrogen) atoms. The molecule has 6 heteroatoms. The van der Waals surface area contributed by atoms with E-state index in [1.165, 1.54) is 11.3 Å². The van der Waals surface area contributed by atoms with E-state index >= 15 is 0 Å². The van der Waals surface area contributed by atoms with Gasteiger partial charge in [-0.15, -0.1) is 11.3 Å². The summed E-state index contributed by atoms with van der Waals surface area (Å²) >= 11 is 7.25. The minimum absolute atomic E-state index is 0.0923. The number of rotatable bonds is 4. The van der Waals surface area contributed by atoms with Crippen molar-refractivity contribution in [2.75, 3.05) is 17.7 Å². The summed E-state index contributed by atoms with van der Waals surface area (Å²) in [5.41, 5.74) is 1.49. The van der Waals surface area contributed by atoms with E-state index in [-0.39, 0.29) is 12.3 Å². The van der Waals surface area contributed by atoms with Crippen LogP contribution in [-0.2, 0) is 11.2 Å². The molecule has 0 aliphatic rings. The number of nitrogens with one attached hydrogen (secondary N) is 2. The predicted octanol–water partition coefficient (Wildman–Crippen LogP) is 3.02. The Kier molecular flexibility index (Phi) is 4.17. The first-order valence-electron chi connectivity index (χ1n) is 5.35. The molecule has 1 aromatic heterocycles. The van der Waals surface area contributed by atoms with E-state index in [1.54, 1.807) is 31.3 Å². The monoisotopic (exact) mass is 281 g/mol. The zero-order valence-electron chi connectivity index (χ0n) is 9.74. The number of carbonyl (C=O) groups is 1. The van der Waals surface area contributed by atoms with Gasteiger partial charge in [-0.05, 0) is 24.3 Å². The van der Waals surface area contributed by atoms with Crippen molar-refractivity contribution in [2.45, 2.75) is 6.42 Å². The zero-order chi connectivity index (χ0) is 13.0. The second-order valence-electron chi connectivity index (χ2n) is 3.63. The fraction of sp³-hybridized carbons (Fsp3) is 0.167. The van der Waals surface area contributed by atoms with Crippen LogP contribution in [0.3, 0.4) is 0 Å². The quantitative estimate of drug-likeness (QED) is 0.906. The number of carbonyl (C=O) groups excluding carboxylic acids is 1. The van der Waals surface area contributed by atoms with Crippen molar-refractivity contribution in [3.8, 4) is 0 Å². The lowest BCUT2D eigenvalue weighted by molar-refractivity contribution is -0.115. The third-order valence-corrected chi connectivity index (χ3v) is 3.40. The Morgan fingerprint density at radius 2 is 2.11 bits per heavy atom. The molecule has 0 radical (unpaired) electrons. The lowest BCUT2D eigenvalue weighted by Gasteiger charge is -2.03. The van der Waals surface area contributed by atoms with Gasteiger partial charge in [-0.2, -0.15) is 0 Å². The van der Waals surface area contributed by atoms with Crippen LogP contribution in [-0.4, -0.2) is 17.9 Å². The molecule has 0 aliphatic carbocycles. The Labute approximate surface area is 114 Å². The molecule has 4 nitrogen and oxygen atoms in total. The van der Waals surface area contributed by atoms with Gasteiger partial charge in [-0.1, -0.05) is 11.6 Å². The Hall–Kier alpha value is -1.59. The number of amides is 1. The van der Waals surface area contributed by atoms with Crippen LogP contribution in [0.5, 0.6) is 0 Å². The van der Waals surface area contributed by atoms with Gasteiger partial charge in [0.25, 0.3) is 0 Å². The van der Waals surface area contributed by atoms with Crippen LogP contribution in [0, 0.1) is 0 Å². The molecule has 2 rings (SSSR count). The first kappa shape index (κ1) is 12.9. The predicted molar refractivity (Wildman–Crippen MR) is 75.4 cm³/mol. The smallest absolute Gasteiger partial charge is 0.230 e. The highest BCUT2D eigenvalue weighted by molar-refractivity contribution is 7.13. The molecule has 0 spiro atoms. The van der Waals surface area contributed by atoms with E-state index in [0.29, 0.717) is 5.02 Å². The van der Waals surface area contributed by atoms with Gasteiger partial charge in [0.2, 0.25) is 5.91 Å². The fourth-order valence-corrected chi connectivity index (χ4v) is 2.20. The number of hydrogen-bond acceptors (Lipinski definition) is 4. The van der Waals surface area contributed by atoms with Crippen molar-refractivity contribution in [1.82, 2.24) is 4.98 Å². The molecular formula is C12H12ClN3OS. The van der Waals surface area contributed by atoms with E-state index in [9.17, 15) is 4.79 Å². The number of benzene rings is 1. The van der Waals surface area contributed by atoms with Gasteiger partial charge >= 0.3 is 0 Å². The van der Waals surface area contributed by atoms with E-state index in [2.05, 4.69) is 15.6 Å². The SMILES string of the molecule is CNc1nc(CC(=O)Nc2ccc(Cl)cc2)cs1. The van der Waals surface area contributed by atoms with Gasteiger partial charge in [0.05, 0.1) is 12.1 Å². The Bertz CT molecular complexity index is 539. The van der Waals surface area contributed by atoms with Crippen molar-refractivity contribution in [2.24, 2.45) is 0 Å². The summed E-state index contributed by atoms with van der Waals surface area (Å²) in [6.07, 6.45) is 0.265. The van der Waals surface area contributed by atoms with Crippen LogP contribution in [0.2, 0.25) is 5.02 Å². The average Bonchev–Trinajstić information content (AvgIpc) is 2.79. The first-order valence-corrected chi connectivity index (χ1v) is 6.60. The van der Waals surface area contributed by atoms with Gasteiger partial charge < -0.3 is 10.6 Å². The van der Waals surface area contributed by atoms with Crippen LogP contribution < -0.4 is 10.6 Å². The molecule has 1 aromatic carbocycles. The summed E-state index contributed by atoms with van der Waals surface area (Å²) in [5.74, 6) is -0.0923. The van der Waals surface area contributed by atoms with Crippen LogP contribution in [0.4, 0.5) is 10.8 Å². The summed E-state index contributed by atoms with van der Waals surface area (Å²) in [5, 5.41) is 9.05. The molecule has 0 aliphatic heterocycles. The molecule has 94 valence electrons. The van der Waals surface area contributed by atoms with E-state index < -0.39 is 0 Å². The molecule has 0 saturated heterocycles. The van der Waals surface area contributed by atoms with Gasteiger partial charge in [-0.3, -0.25) is 4.79 Å². The number of thiazole rings is 1. The largest absolute Gasteiger partial charge is 0.365 e. The van der Waals surface area contributed by atoms with Gasteiger partial charge in [-0.25, -0.2) is 4.98 Å². The second kappa shape index (κ2) is 5.84. The maximum atomic E-state index is 11.8. The van der Waals surface area contributed by atoms with Crippen LogP contribution in [0.25, 0.3) is 0 Å². The van der Waals surface area contributed by atoms with Crippen molar-refractivity contribution >= 4 is 39.7 Å². The van der Waals surface area contributed by atoms with Crippen molar-refractivity contribution < 1.29 is 4.79 Å². The normalized spacial score (nSPS) is 10.1. The minimum atomic E-state index is -0.0923. The lowest BCUT2D eigenvalue weighted by atomic mass is 10.3. The summed E-state index contributed by atoms with van der Waals surface area (Å²) in [6.45, 7) is 0. The maximum absolute atomic E-state index is 11.8. The topological polar surface area (TPSA) is 54.0 Å². The van der Waals surface area contributed by atoms with Crippen molar-refractivity contribution in [3.05, 3.63) is 40.4 Å². The highest BCUT2D eigenvalue weighted by Gasteiger charge is 2.07. The fourth-order valence-electron chi connectivity index (χ4n) is 1.41. The lowest BCUT2D eigenvalue weighted by Crippen LogP contribution is -2.14. The molecule has 0 atom stereocenters. The minimum Gasteiger partial charge on any atom is -0.365 e. The Morgan fingerprint density at radius 1 is 1.39 bits per heavy atom. The molecule has 0 bridgehead atoms. The second-order valence-corrected chi connectivity index (χ2v) is 4.92. The molecule has 0 fully saturated rings. The molecule has 1 heterocycles. The Morgan fingerprint density at radius 3 is 2.72 bits per heavy atom. The number of hydrogen-bond donors (Lipinski definition) is 2. The van der Waals surface area contributed by atoms with Crippen LogP contribution in [0.15, 0.2) is 29.6 Å². The number of aromatic nitrogens is 1. The number of anilines is 2. The molecule has 1 amide bonds. The molecule has 2 N–H and O–H groups in total. The van der Waals surface area contributed by atoms with Gasteiger partial charge in [0, 0.05) is 23.1 Å². The standard InChI is InChI=1S/C12H12ClN3OS/c1-14-12-16-10(7-18-12)6-11(17)15-9-4-2-8(13)3-5-9/h2-5,7H,6H2,1H3,(H,14,16)(H,15,17). The molecular weight excluding hydrogens is 270 g/mol. The van der Waals surface area contributed by atoms with Gasteiger partial charge in [0.15, 0.2) is 5.13 Å². The highest BCUT2D eigenvalue weighted by Crippen LogP contribution is 2.16. The number of halogens is 1. The zero-order valence-corrected chi connectivity index (χ0v) is 11.3. The maximum Gasteiger partial charge on any atom is 0.230 e. The van der Waals surface area contributed by atoms with Crippen molar-refractivity contribution in [1.29, 1.82) is 0 Å². The first-order chi connectivity index (χ1) is 8.67. The highest BCUT2D eigenvalue weighted by atomic mass is 35.5. The van der Waals surface area contributed by atoms with Crippen LogP contribution >= 0.6 is 22.9 Å². The number of nitrogens with zero attached hydrogens (tertiary/aromatic N) is 1. The average molecular weight is 282 g/mol. The van der Waals surface area contributed by atoms with E-state index in [0.717, 1.165) is 16.5 Å². The molecule has 0 unspecified atom stereocenters. The van der Waals surface area contributed by atoms with Crippen LogP contribution in [0.1, 0.15) is 5.69 Å². The Balaban J connectivity index is 1.94. The summed E-state index contributed by atoms with van der Waals surface area (Å²) in [6, 6.07) is 7.00. The van der Waals surface area contributed by atoms with E-state index in [4.69, 9.17) is 11.6 Å². The van der Waals surface area contributed by atoms with Gasteiger partial charge in [0.1, 0.15) is 0 Å².